The van der Waals surface area contributed by atoms with Gasteiger partial charge in [0.15, 0.2) is 11.5 Å². The van der Waals surface area contributed by atoms with Crippen LogP contribution in [-0.4, -0.2) is 43.8 Å². The molecule has 2 aromatic carbocycles. The van der Waals surface area contributed by atoms with E-state index in [4.69, 9.17) is 4.74 Å². The predicted molar refractivity (Wildman–Crippen MR) is 120 cm³/mol. The van der Waals surface area contributed by atoms with E-state index in [2.05, 4.69) is 15.5 Å². The standard InChI is InChI=1S/C22H22N4O5S/c1-2-31-20-14-17(11-12-19(20)27)15-24-25-22(28)16-26(21-10-6-7-13-23-21)32(29,30)18-8-4-3-5-9-18/h3-15,27H,2,16H2,1H3,(H,25,28)/b24-15-. The first kappa shape index (κ1) is 22.8. The Hall–Kier alpha value is -3.92. The fourth-order valence-corrected chi connectivity index (χ4v) is 4.13. The molecule has 1 aromatic heterocycles. The van der Waals surface area contributed by atoms with Crippen LogP contribution in [0, 0.1) is 0 Å². The molecule has 166 valence electrons. The van der Waals surface area contributed by atoms with Crippen molar-refractivity contribution in [1.82, 2.24) is 10.4 Å². The lowest BCUT2D eigenvalue weighted by Crippen LogP contribution is -2.40. The fourth-order valence-electron chi connectivity index (χ4n) is 2.74. The average Bonchev–Trinajstić information content (AvgIpc) is 2.81. The third kappa shape index (κ3) is 5.61. The van der Waals surface area contributed by atoms with Crippen LogP contribution < -0.4 is 14.5 Å². The van der Waals surface area contributed by atoms with Crippen molar-refractivity contribution in [2.75, 3.05) is 17.5 Å². The fraction of sp³-hybridized carbons (Fsp3) is 0.136. The average molecular weight is 455 g/mol. The number of amides is 1. The lowest BCUT2D eigenvalue weighted by Gasteiger charge is -2.22. The number of hydrazone groups is 1. The van der Waals surface area contributed by atoms with E-state index in [1.807, 2.05) is 0 Å². The van der Waals surface area contributed by atoms with Gasteiger partial charge in [-0.2, -0.15) is 5.10 Å². The van der Waals surface area contributed by atoms with Crippen molar-refractivity contribution in [3.05, 3.63) is 78.5 Å². The van der Waals surface area contributed by atoms with Gasteiger partial charge in [-0.15, -0.1) is 0 Å². The zero-order valence-electron chi connectivity index (χ0n) is 17.2. The van der Waals surface area contributed by atoms with Crippen molar-refractivity contribution in [3.63, 3.8) is 0 Å². The highest BCUT2D eigenvalue weighted by Crippen LogP contribution is 2.26. The van der Waals surface area contributed by atoms with Gasteiger partial charge in [0.25, 0.3) is 15.9 Å². The normalized spacial score (nSPS) is 11.3. The van der Waals surface area contributed by atoms with Crippen molar-refractivity contribution >= 4 is 28.0 Å². The van der Waals surface area contributed by atoms with Crippen LogP contribution in [0.2, 0.25) is 0 Å². The highest BCUT2D eigenvalue weighted by atomic mass is 32.2. The van der Waals surface area contributed by atoms with Gasteiger partial charge in [-0.1, -0.05) is 24.3 Å². The Labute approximate surface area is 186 Å². The number of carbonyl (C=O) groups excluding carboxylic acids is 1. The van der Waals surface area contributed by atoms with E-state index in [0.29, 0.717) is 12.2 Å². The van der Waals surface area contributed by atoms with E-state index >= 15 is 0 Å². The van der Waals surface area contributed by atoms with E-state index in [-0.39, 0.29) is 22.2 Å². The van der Waals surface area contributed by atoms with E-state index in [0.717, 1.165) is 4.31 Å². The van der Waals surface area contributed by atoms with Gasteiger partial charge >= 0.3 is 0 Å². The molecule has 0 aliphatic carbocycles. The molecule has 0 spiro atoms. The first-order valence-electron chi connectivity index (χ1n) is 9.68. The second-order valence-electron chi connectivity index (χ2n) is 6.47. The number of phenols is 1. The molecule has 9 nitrogen and oxygen atoms in total. The van der Waals surface area contributed by atoms with Crippen molar-refractivity contribution in [1.29, 1.82) is 0 Å². The van der Waals surface area contributed by atoms with Crippen LogP contribution in [0.4, 0.5) is 5.82 Å². The maximum Gasteiger partial charge on any atom is 0.265 e. The smallest absolute Gasteiger partial charge is 0.265 e. The van der Waals surface area contributed by atoms with E-state index in [1.165, 1.54) is 36.7 Å². The Kier molecular flexibility index (Phi) is 7.40. The molecule has 0 saturated carbocycles. The van der Waals surface area contributed by atoms with E-state index in [1.54, 1.807) is 49.4 Å². The van der Waals surface area contributed by atoms with Crippen molar-refractivity contribution in [2.24, 2.45) is 5.10 Å². The number of anilines is 1. The predicted octanol–water partition coefficient (Wildman–Crippen LogP) is 2.53. The number of phenolic OH excluding ortho intramolecular Hbond substituents is 1. The molecule has 0 aliphatic rings. The molecule has 0 atom stereocenters. The number of ether oxygens (including phenoxy) is 1. The molecule has 3 rings (SSSR count). The minimum absolute atomic E-state index is 0.00911. The van der Waals surface area contributed by atoms with E-state index < -0.39 is 22.5 Å². The number of carbonyl (C=O) groups is 1. The van der Waals surface area contributed by atoms with Crippen LogP contribution >= 0.6 is 0 Å². The Morgan fingerprint density at radius 3 is 2.59 bits per heavy atom. The SMILES string of the molecule is CCOc1cc(/C=N\NC(=O)CN(c2ccccn2)S(=O)(=O)c2ccccc2)ccc1O. The summed E-state index contributed by atoms with van der Waals surface area (Å²) in [5.74, 6) is -0.270. The number of aromatic hydroxyl groups is 1. The molecule has 1 heterocycles. The highest BCUT2D eigenvalue weighted by Gasteiger charge is 2.27. The second kappa shape index (κ2) is 10.4. The molecule has 1 amide bonds. The van der Waals surface area contributed by atoms with Crippen molar-refractivity contribution < 1.29 is 23.1 Å². The maximum atomic E-state index is 13.1. The summed E-state index contributed by atoms with van der Waals surface area (Å²) in [6.07, 6.45) is 2.80. The summed E-state index contributed by atoms with van der Waals surface area (Å²) in [6.45, 7) is 1.65. The Balaban J connectivity index is 1.76. The van der Waals surface area contributed by atoms with Crippen LogP contribution in [-0.2, 0) is 14.8 Å². The van der Waals surface area contributed by atoms with Crippen LogP contribution in [0.15, 0.2) is 82.9 Å². The molecule has 0 saturated heterocycles. The van der Waals surface area contributed by atoms with Crippen LogP contribution in [0.5, 0.6) is 11.5 Å². The summed E-state index contributed by atoms with van der Waals surface area (Å²) in [5, 5.41) is 13.6. The molecule has 10 heteroatoms. The zero-order chi connectivity index (χ0) is 23.0. The van der Waals surface area contributed by atoms with Crippen LogP contribution in [0.3, 0.4) is 0 Å². The molecular weight excluding hydrogens is 432 g/mol. The van der Waals surface area contributed by atoms with Gasteiger partial charge in [0.1, 0.15) is 12.4 Å². The van der Waals surface area contributed by atoms with Gasteiger partial charge in [-0.05, 0) is 55.0 Å². The Morgan fingerprint density at radius 1 is 1.16 bits per heavy atom. The first-order valence-corrected chi connectivity index (χ1v) is 11.1. The number of benzene rings is 2. The Morgan fingerprint density at radius 2 is 1.91 bits per heavy atom. The quantitative estimate of drug-likeness (QED) is 0.379. The van der Waals surface area contributed by atoms with Gasteiger partial charge in [0.2, 0.25) is 0 Å². The van der Waals surface area contributed by atoms with Gasteiger partial charge in [-0.3, -0.25) is 4.79 Å². The monoisotopic (exact) mass is 454 g/mol. The first-order chi connectivity index (χ1) is 15.4. The third-order valence-corrected chi connectivity index (χ3v) is 5.97. The number of rotatable bonds is 9. The van der Waals surface area contributed by atoms with Gasteiger partial charge < -0.3 is 9.84 Å². The number of hydrogen-bond donors (Lipinski definition) is 2. The summed E-state index contributed by atoms with van der Waals surface area (Å²) in [5.41, 5.74) is 2.89. The molecular formula is C22H22N4O5S. The number of sulfonamides is 1. The summed E-state index contributed by atoms with van der Waals surface area (Å²) in [4.78, 5) is 16.6. The van der Waals surface area contributed by atoms with Gasteiger partial charge in [-0.25, -0.2) is 23.1 Å². The second-order valence-corrected chi connectivity index (χ2v) is 8.33. The van der Waals surface area contributed by atoms with Crippen molar-refractivity contribution in [3.8, 4) is 11.5 Å². The van der Waals surface area contributed by atoms with E-state index in [9.17, 15) is 18.3 Å². The number of nitrogens with one attached hydrogen (secondary N) is 1. The molecule has 0 bridgehead atoms. The summed E-state index contributed by atoms with van der Waals surface area (Å²) >= 11 is 0. The largest absolute Gasteiger partial charge is 0.504 e. The topological polar surface area (TPSA) is 121 Å². The molecule has 3 aromatic rings. The molecule has 0 unspecified atom stereocenters. The minimum Gasteiger partial charge on any atom is -0.504 e. The highest BCUT2D eigenvalue weighted by molar-refractivity contribution is 7.92. The molecule has 32 heavy (non-hydrogen) atoms. The number of nitrogens with zero attached hydrogens (tertiary/aromatic N) is 3. The van der Waals surface area contributed by atoms with Crippen LogP contribution in [0.1, 0.15) is 12.5 Å². The lowest BCUT2D eigenvalue weighted by molar-refractivity contribution is -0.119. The molecule has 2 N–H and O–H groups in total. The maximum absolute atomic E-state index is 13.1. The molecule has 0 radical (unpaired) electrons. The van der Waals surface area contributed by atoms with Gasteiger partial charge in [0, 0.05) is 6.20 Å². The van der Waals surface area contributed by atoms with Gasteiger partial charge in [0.05, 0.1) is 17.7 Å². The third-order valence-electron chi connectivity index (χ3n) is 4.21. The molecule has 0 fully saturated rings. The molecule has 0 aliphatic heterocycles. The summed E-state index contributed by atoms with van der Waals surface area (Å²) in [6, 6.07) is 17.2. The lowest BCUT2D eigenvalue weighted by atomic mass is 10.2. The number of hydrogen-bond acceptors (Lipinski definition) is 7. The zero-order valence-corrected chi connectivity index (χ0v) is 18.1. The Bertz CT molecular complexity index is 1190. The summed E-state index contributed by atoms with van der Waals surface area (Å²) in [7, 11) is -4.03. The van der Waals surface area contributed by atoms with Crippen LogP contribution in [0.25, 0.3) is 0 Å². The number of pyridine rings is 1. The number of aromatic nitrogens is 1. The minimum atomic E-state index is -4.03. The van der Waals surface area contributed by atoms with Crippen molar-refractivity contribution in [2.45, 2.75) is 11.8 Å². The summed E-state index contributed by atoms with van der Waals surface area (Å²) < 4.78 is 32.5.